The topological polar surface area (TPSA) is 92.3 Å². The van der Waals surface area contributed by atoms with E-state index in [1.807, 2.05) is 19.1 Å². The zero-order chi connectivity index (χ0) is 19.2. The number of nitriles is 1. The maximum atomic E-state index is 12.0. The van der Waals surface area contributed by atoms with E-state index in [2.05, 4.69) is 5.32 Å². The molecule has 1 N–H and O–H groups in total. The molecule has 0 radical (unpaired) electrons. The molecule has 6 nitrogen and oxygen atoms in total. The lowest BCUT2D eigenvalue weighted by atomic mass is 10.1. The standard InChI is InChI=1S/C21H18N2O4/c1-2-3-15-10-21(25)27-19-11-17(8-9-18(15)19)26-13-20(24)23-16-6-4-14(12-22)5-7-16/h4-11H,2-3,13H2,1H3,(H,23,24). The SMILES string of the molecule is CCCc1cc(=O)oc2cc(OCC(=O)Nc3ccc(C#N)cc3)ccc12. The lowest BCUT2D eigenvalue weighted by Crippen LogP contribution is -2.20. The maximum Gasteiger partial charge on any atom is 0.336 e. The first-order valence-corrected chi connectivity index (χ1v) is 8.58. The number of benzene rings is 2. The summed E-state index contributed by atoms with van der Waals surface area (Å²) in [6.07, 6.45) is 1.71. The van der Waals surface area contributed by atoms with Crippen molar-refractivity contribution in [2.45, 2.75) is 19.8 Å². The Morgan fingerprint density at radius 3 is 2.67 bits per heavy atom. The second-order valence-electron chi connectivity index (χ2n) is 6.02. The molecule has 0 saturated carbocycles. The molecule has 2 aromatic carbocycles. The van der Waals surface area contributed by atoms with Gasteiger partial charge in [0.25, 0.3) is 5.91 Å². The number of nitrogens with zero attached hydrogens (tertiary/aromatic N) is 1. The van der Waals surface area contributed by atoms with Gasteiger partial charge in [-0.05, 0) is 48.4 Å². The van der Waals surface area contributed by atoms with Gasteiger partial charge in [0, 0.05) is 23.2 Å². The Balaban J connectivity index is 1.68. The number of amides is 1. The van der Waals surface area contributed by atoms with Crippen LogP contribution in [0.5, 0.6) is 5.75 Å². The zero-order valence-electron chi connectivity index (χ0n) is 14.8. The Bertz CT molecular complexity index is 1060. The molecule has 3 rings (SSSR count). The maximum absolute atomic E-state index is 12.0. The van der Waals surface area contributed by atoms with Gasteiger partial charge in [-0.3, -0.25) is 4.79 Å². The molecule has 1 heterocycles. The number of nitrogens with one attached hydrogen (secondary N) is 1. The van der Waals surface area contributed by atoms with E-state index in [0.717, 1.165) is 23.8 Å². The van der Waals surface area contributed by atoms with Crippen molar-refractivity contribution in [2.75, 3.05) is 11.9 Å². The average Bonchev–Trinajstić information content (AvgIpc) is 2.67. The number of ether oxygens (including phenoxy) is 1. The van der Waals surface area contributed by atoms with Gasteiger partial charge in [0.1, 0.15) is 11.3 Å². The van der Waals surface area contributed by atoms with Crippen molar-refractivity contribution in [3.63, 3.8) is 0 Å². The molecular formula is C21H18N2O4. The van der Waals surface area contributed by atoms with Crippen LogP contribution in [0.15, 0.2) is 57.7 Å². The third-order valence-corrected chi connectivity index (χ3v) is 3.99. The number of carbonyl (C=O) groups excluding carboxylic acids is 1. The highest BCUT2D eigenvalue weighted by Gasteiger charge is 2.08. The molecule has 0 aliphatic carbocycles. The Labute approximate surface area is 156 Å². The monoisotopic (exact) mass is 362 g/mol. The second kappa shape index (κ2) is 8.19. The van der Waals surface area contributed by atoms with E-state index in [1.54, 1.807) is 36.4 Å². The fraction of sp³-hybridized carbons (Fsp3) is 0.190. The molecule has 3 aromatic rings. The second-order valence-corrected chi connectivity index (χ2v) is 6.02. The molecule has 0 atom stereocenters. The van der Waals surface area contributed by atoms with Crippen molar-refractivity contribution >= 4 is 22.6 Å². The zero-order valence-corrected chi connectivity index (χ0v) is 14.8. The van der Waals surface area contributed by atoms with Crippen LogP contribution in [-0.4, -0.2) is 12.5 Å². The van der Waals surface area contributed by atoms with Gasteiger partial charge in [-0.15, -0.1) is 0 Å². The molecule has 1 aromatic heterocycles. The van der Waals surface area contributed by atoms with E-state index in [4.69, 9.17) is 14.4 Å². The van der Waals surface area contributed by atoms with E-state index < -0.39 is 5.63 Å². The molecule has 0 unspecified atom stereocenters. The molecule has 0 aliphatic rings. The molecule has 1 amide bonds. The third kappa shape index (κ3) is 4.53. The van der Waals surface area contributed by atoms with Crippen molar-refractivity contribution in [2.24, 2.45) is 0 Å². The molecule has 6 heteroatoms. The van der Waals surface area contributed by atoms with Gasteiger partial charge in [-0.1, -0.05) is 13.3 Å². The van der Waals surface area contributed by atoms with Gasteiger partial charge >= 0.3 is 5.63 Å². The Kier molecular flexibility index (Phi) is 5.53. The lowest BCUT2D eigenvalue weighted by Gasteiger charge is -2.09. The Morgan fingerprint density at radius 1 is 1.19 bits per heavy atom. The molecule has 136 valence electrons. The normalized spacial score (nSPS) is 10.4. The Morgan fingerprint density at radius 2 is 1.96 bits per heavy atom. The summed E-state index contributed by atoms with van der Waals surface area (Å²) < 4.78 is 10.8. The highest BCUT2D eigenvalue weighted by Crippen LogP contribution is 2.23. The van der Waals surface area contributed by atoms with Gasteiger partial charge in [-0.25, -0.2) is 4.79 Å². The lowest BCUT2D eigenvalue weighted by molar-refractivity contribution is -0.118. The number of fused-ring (bicyclic) bond motifs is 1. The number of hydrogen-bond donors (Lipinski definition) is 1. The predicted molar refractivity (Wildman–Crippen MR) is 102 cm³/mol. The van der Waals surface area contributed by atoms with E-state index in [0.29, 0.717) is 22.6 Å². The van der Waals surface area contributed by atoms with Crippen LogP contribution < -0.4 is 15.7 Å². The van der Waals surface area contributed by atoms with Crippen LogP contribution >= 0.6 is 0 Å². The van der Waals surface area contributed by atoms with Crippen LogP contribution in [0.25, 0.3) is 11.0 Å². The molecule has 0 aliphatic heterocycles. The summed E-state index contributed by atoms with van der Waals surface area (Å²) in [5.41, 5.74) is 2.08. The first-order chi connectivity index (χ1) is 13.1. The third-order valence-electron chi connectivity index (χ3n) is 3.99. The van der Waals surface area contributed by atoms with Gasteiger partial charge in [0.15, 0.2) is 6.61 Å². The molecule has 0 fully saturated rings. The first kappa shape index (κ1) is 18.2. The average molecular weight is 362 g/mol. The van der Waals surface area contributed by atoms with Crippen molar-refractivity contribution in [3.05, 3.63) is 70.1 Å². The van der Waals surface area contributed by atoms with Crippen LogP contribution in [0.3, 0.4) is 0 Å². The summed E-state index contributed by atoms with van der Waals surface area (Å²) in [7, 11) is 0. The minimum Gasteiger partial charge on any atom is -0.484 e. The molecular weight excluding hydrogens is 344 g/mol. The summed E-state index contributed by atoms with van der Waals surface area (Å²) >= 11 is 0. The quantitative estimate of drug-likeness (QED) is 0.676. The summed E-state index contributed by atoms with van der Waals surface area (Å²) in [6, 6.07) is 15.3. The Hall–Kier alpha value is -3.59. The highest BCUT2D eigenvalue weighted by atomic mass is 16.5. The van der Waals surface area contributed by atoms with Gasteiger partial charge in [0.05, 0.1) is 11.6 Å². The van der Waals surface area contributed by atoms with Crippen LogP contribution in [0.4, 0.5) is 5.69 Å². The van der Waals surface area contributed by atoms with Crippen molar-refractivity contribution in [3.8, 4) is 11.8 Å². The number of aryl methyl sites for hydroxylation is 1. The fourth-order valence-electron chi connectivity index (χ4n) is 2.75. The number of carbonyl (C=O) groups is 1. The largest absolute Gasteiger partial charge is 0.484 e. The minimum atomic E-state index is -0.401. The van der Waals surface area contributed by atoms with Gasteiger partial charge in [-0.2, -0.15) is 5.26 Å². The van der Waals surface area contributed by atoms with E-state index in [1.165, 1.54) is 6.07 Å². The molecule has 0 bridgehead atoms. The summed E-state index contributed by atoms with van der Waals surface area (Å²) in [6.45, 7) is 1.86. The van der Waals surface area contributed by atoms with E-state index in [-0.39, 0.29) is 12.5 Å². The number of anilines is 1. The van der Waals surface area contributed by atoms with Gasteiger partial charge < -0.3 is 14.5 Å². The van der Waals surface area contributed by atoms with Crippen LogP contribution in [-0.2, 0) is 11.2 Å². The summed E-state index contributed by atoms with van der Waals surface area (Å²) in [5.74, 6) is 0.107. The van der Waals surface area contributed by atoms with Crippen molar-refractivity contribution in [1.82, 2.24) is 0 Å². The van der Waals surface area contributed by atoms with E-state index in [9.17, 15) is 9.59 Å². The van der Waals surface area contributed by atoms with Crippen LogP contribution in [0.2, 0.25) is 0 Å². The van der Waals surface area contributed by atoms with E-state index >= 15 is 0 Å². The van der Waals surface area contributed by atoms with Crippen molar-refractivity contribution in [1.29, 1.82) is 5.26 Å². The van der Waals surface area contributed by atoms with Crippen molar-refractivity contribution < 1.29 is 13.9 Å². The van der Waals surface area contributed by atoms with Crippen LogP contribution in [0.1, 0.15) is 24.5 Å². The summed E-state index contributed by atoms with van der Waals surface area (Å²) in [4.78, 5) is 23.7. The number of rotatable bonds is 6. The number of hydrogen-bond acceptors (Lipinski definition) is 5. The van der Waals surface area contributed by atoms with Gasteiger partial charge in [0.2, 0.25) is 0 Å². The highest BCUT2D eigenvalue weighted by molar-refractivity contribution is 5.92. The minimum absolute atomic E-state index is 0.190. The first-order valence-electron chi connectivity index (χ1n) is 8.58. The summed E-state index contributed by atoms with van der Waals surface area (Å²) in [5, 5.41) is 12.3. The molecule has 27 heavy (non-hydrogen) atoms. The predicted octanol–water partition coefficient (Wildman–Crippen LogP) is 3.63. The smallest absolute Gasteiger partial charge is 0.336 e. The molecule has 0 saturated heterocycles. The van der Waals surface area contributed by atoms with Crippen LogP contribution in [0, 0.1) is 11.3 Å². The molecule has 0 spiro atoms. The fourth-order valence-corrected chi connectivity index (χ4v) is 2.75.